The Kier molecular flexibility index (Phi) is 3.48. The number of hydrogen-bond donors (Lipinski definition) is 0. The topological polar surface area (TPSA) is 0 Å². The lowest BCUT2D eigenvalue weighted by molar-refractivity contribution is 0.301. The average Bonchev–Trinajstić information content (AvgIpc) is 2.86. The standard InChI is InChI=1S/C20H22/c1-3-20(13-16(2)17-9-5-4-6-10-17)14-18-11-7-8-12-19(18)15-20/h4-12H,2-3,13-15H2,1H3. The molecule has 0 nitrogen and oxygen atoms in total. The molecule has 0 fully saturated rings. The maximum Gasteiger partial charge on any atom is -0.0179 e. The molecule has 0 bridgehead atoms. The SMILES string of the molecule is C=C(CC1(CC)Cc2ccccc2C1)c1ccccc1. The summed E-state index contributed by atoms with van der Waals surface area (Å²) in [6, 6.07) is 19.5. The Balaban J connectivity index is 1.81. The van der Waals surface area contributed by atoms with Gasteiger partial charge in [-0.25, -0.2) is 0 Å². The highest BCUT2D eigenvalue weighted by Gasteiger charge is 2.35. The highest BCUT2D eigenvalue weighted by molar-refractivity contribution is 5.64. The third-order valence-electron chi connectivity index (χ3n) is 4.77. The van der Waals surface area contributed by atoms with Gasteiger partial charge in [0.15, 0.2) is 0 Å². The Labute approximate surface area is 122 Å². The van der Waals surface area contributed by atoms with Crippen LogP contribution in [0.2, 0.25) is 0 Å². The molecule has 2 aromatic rings. The summed E-state index contributed by atoms with van der Waals surface area (Å²) < 4.78 is 0. The van der Waals surface area contributed by atoms with Crippen LogP contribution in [0.5, 0.6) is 0 Å². The van der Waals surface area contributed by atoms with E-state index in [1.54, 1.807) is 0 Å². The fourth-order valence-electron chi connectivity index (χ4n) is 3.50. The van der Waals surface area contributed by atoms with Gasteiger partial charge in [-0.05, 0) is 53.4 Å². The monoisotopic (exact) mass is 262 g/mol. The van der Waals surface area contributed by atoms with Gasteiger partial charge < -0.3 is 0 Å². The van der Waals surface area contributed by atoms with Crippen LogP contribution in [0.3, 0.4) is 0 Å². The Hall–Kier alpha value is -1.82. The van der Waals surface area contributed by atoms with Gasteiger partial charge in [0.1, 0.15) is 0 Å². The number of hydrogen-bond acceptors (Lipinski definition) is 0. The molecule has 2 aromatic carbocycles. The van der Waals surface area contributed by atoms with Crippen molar-refractivity contribution in [2.24, 2.45) is 5.41 Å². The smallest absolute Gasteiger partial charge is 0.0179 e. The molecular weight excluding hydrogens is 240 g/mol. The summed E-state index contributed by atoms with van der Waals surface area (Å²) >= 11 is 0. The first-order valence-corrected chi connectivity index (χ1v) is 7.52. The lowest BCUT2D eigenvalue weighted by Gasteiger charge is -2.28. The van der Waals surface area contributed by atoms with Crippen molar-refractivity contribution in [3.63, 3.8) is 0 Å². The van der Waals surface area contributed by atoms with Crippen molar-refractivity contribution in [1.29, 1.82) is 0 Å². The summed E-state index contributed by atoms with van der Waals surface area (Å²) in [6.07, 6.45) is 4.72. The second-order valence-electron chi connectivity index (χ2n) is 6.12. The molecule has 1 aliphatic carbocycles. The minimum absolute atomic E-state index is 0.372. The van der Waals surface area contributed by atoms with E-state index in [4.69, 9.17) is 0 Å². The fraction of sp³-hybridized carbons (Fsp3) is 0.300. The predicted octanol–water partition coefficient (Wildman–Crippen LogP) is 5.29. The highest BCUT2D eigenvalue weighted by Crippen LogP contribution is 2.45. The van der Waals surface area contributed by atoms with Gasteiger partial charge in [0.05, 0.1) is 0 Å². The van der Waals surface area contributed by atoms with E-state index >= 15 is 0 Å². The molecule has 1 aliphatic rings. The van der Waals surface area contributed by atoms with Crippen molar-refractivity contribution in [3.05, 3.63) is 77.9 Å². The fourth-order valence-corrected chi connectivity index (χ4v) is 3.50. The molecular formula is C20H22. The van der Waals surface area contributed by atoms with Crippen LogP contribution in [-0.2, 0) is 12.8 Å². The van der Waals surface area contributed by atoms with Gasteiger partial charge in [-0.2, -0.15) is 0 Å². The summed E-state index contributed by atoms with van der Waals surface area (Å²) in [7, 11) is 0. The first kappa shape index (κ1) is 13.2. The molecule has 0 aliphatic heterocycles. The van der Waals surface area contributed by atoms with Gasteiger partial charge in [0, 0.05) is 0 Å². The van der Waals surface area contributed by atoms with Gasteiger partial charge in [-0.3, -0.25) is 0 Å². The van der Waals surface area contributed by atoms with Crippen molar-refractivity contribution < 1.29 is 0 Å². The Morgan fingerprint density at radius 3 is 2.05 bits per heavy atom. The van der Waals surface area contributed by atoms with Crippen molar-refractivity contribution >= 4 is 5.57 Å². The molecule has 0 radical (unpaired) electrons. The number of benzene rings is 2. The summed E-state index contributed by atoms with van der Waals surface area (Å²) in [4.78, 5) is 0. The number of fused-ring (bicyclic) bond motifs is 1. The minimum atomic E-state index is 0.372. The van der Waals surface area contributed by atoms with E-state index in [0.29, 0.717) is 5.41 Å². The normalized spacial score (nSPS) is 15.8. The van der Waals surface area contributed by atoms with Gasteiger partial charge in [-0.15, -0.1) is 0 Å². The van der Waals surface area contributed by atoms with Crippen LogP contribution in [0.15, 0.2) is 61.2 Å². The van der Waals surface area contributed by atoms with Crippen LogP contribution in [-0.4, -0.2) is 0 Å². The Bertz CT molecular complexity index is 582. The number of rotatable bonds is 4. The maximum absolute atomic E-state index is 4.34. The molecule has 0 atom stereocenters. The summed E-state index contributed by atoms with van der Waals surface area (Å²) in [6.45, 7) is 6.67. The van der Waals surface area contributed by atoms with Crippen LogP contribution >= 0.6 is 0 Å². The molecule has 0 aromatic heterocycles. The van der Waals surface area contributed by atoms with Crippen LogP contribution in [0, 0.1) is 5.41 Å². The van der Waals surface area contributed by atoms with E-state index in [2.05, 4.69) is 68.1 Å². The van der Waals surface area contributed by atoms with Gasteiger partial charge in [0.2, 0.25) is 0 Å². The summed E-state index contributed by atoms with van der Waals surface area (Å²) in [5.74, 6) is 0. The highest BCUT2D eigenvalue weighted by atomic mass is 14.4. The molecule has 20 heavy (non-hydrogen) atoms. The van der Waals surface area contributed by atoms with Crippen molar-refractivity contribution in [1.82, 2.24) is 0 Å². The van der Waals surface area contributed by atoms with E-state index < -0.39 is 0 Å². The lowest BCUT2D eigenvalue weighted by Crippen LogP contribution is -2.20. The van der Waals surface area contributed by atoms with E-state index in [1.807, 2.05) is 0 Å². The summed E-state index contributed by atoms with van der Waals surface area (Å²) in [5, 5.41) is 0. The third kappa shape index (κ3) is 2.43. The first-order valence-electron chi connectivity index (χ1n) is 7.52. The molecule has 0 amide bonds. The second kappa shape index (κ2) is 5.28. The minimum Gasteiger partial charge on any atom is -0.0952 e. The molecule has 102 valence electrons. The van der Waals surface area contributed by atoms with E-state index in [-0.39, 0.29) is 0 Å². The maximum atomic E-state index is 4.34. The molecule has 0 N–H and O–H groups in total. The molecule has 0 saturated carbocycles. The van der Waals surface area contributed by atoms with E-state index in [9.17, 15) is 0 Å². The predicted molar refractivity (Wildman–Crippen MR) is 86.7 cm³/mol. The summed E-state index contributed by atoms with van der Waals surface area (Å²) in [5.41, 5.74) is 6.01. The molecule has 3 rings (SSSR count). The molecule has 0 spiro atoms. The number of allylic oxidation sites excluding steroid dienone is 1. The van der Waals surface area contributed by atoms with Crippen molar-refractivity contribution in [3.8, 4) is 0 Å². The van der Waals surface area contributed by atoms with Crippen LogP contribution < -0.4 is 0 Å². The van der Waals surface area contributed by atoms with Gasteiger partial charge in [0.25, 0.3) is 0 Å². The van der Waals surface area contributed by atoms with Gasteiger partial charge >= 0.3 is 0 Å². The largest absolute Gasteiger partial charge is 0.0952 e. The molecule has 0 heteroatoms. The third-order valence-corrected chi connectivity index (χ3v) is 4.77. The molecule has 0 unspecified atom stereocenters. The van der Waals surface area contributed by atoms with Crippen LogP contribution in [0.1, 0.15) is 36.5 Å². The van der Waals surface area contributed by atoms with Crippen LogP contribution in [0.25, 0.3) is 5.57 Å². The van der Waals surface area contributed by atoms with Crippen LogP contribution in [0.4, 0.5) is 0 Å². The molecule has 0 saturated heterocycles. The zero-order chi connectivity index (χ0) is 14.0. The van der Waals surface area contributed by atoms with Crippen molar-refractivity contribution in [2.75, 3.05) is 0 Å². The van der Waals surface area contributed by atoms with E-state index in [0.717, 1.165) is 6.42 Å². The van der Waals surface area contributed by atoms with Crippen molar-refractivity contribution in [2.45, 2.75) is 32.6 Å². The second-order valence-corrected chi connectivity index (χ2v) is 6.12. The molecule has 0 heterocycles. The quantitative estimate of drug-likeness (QED) is 0.702. The Morgan fingerprint density at radius 2 is 1.50 bits per heavy atom. The zero-order valence-corrected chi connectivity index (χ0v) is 12.2. The Morgan fingerprint density at radius 1 is 0.950 bits per heavy atom. The average molecular weight is 262 g/mol. The van der Waals surface area contributed by atoms with E-state index in [1.165, 1.54) is 41.5 Å². The lowest BCUT2D eigenvalue weighted by atomic mass is 9.75. The zero-order valence-electron chi connectivity index (χ0n) is 12.2. The van der Waals surface area contributed by atoms with Gasteiger partial charge in [-0.1, -0.05) is 68.1 Å². The first-order chi connectivity index (χ1) is 9.72.